The van der Waals surface area contributed by atoms with Crippen LogP contribution in [0.5, 0.6) is 11.5 Å². The largest absolute Gasteiger partial charge is 0.492 e. The summed E-state index contributed by atoms with van der Waals surface area (Å²) in [6.45, 7) is 4.79. The summed E-state index contributed by atoms with van der Waals surface area (Å²) in [5.41, 5.74) is 1.89. The molecule has 1 aliphatic rings. The molecule has 2 aromatic rings. The second kappa shape index (κ2) is 13.6. The molecule has 3 rings (SSSR count). The van der Waals surface area contributed by atoms with Crippen molar-refractivity contribution in [3.8, 4) is 11.5 Å². The summed E-state index contributed by atoms with van der Waals surface area (Å²) in [6, 6.07) is 10.1. The predicted molar refractivity (Wildman–Crippen MR) is 132 cm³/mol. The first-order chi connectivity index (χ1) is 15.6. The predicted octanol–water partition coefficient (Wildman–Crippen LogP) is 6.23. The highest BCUT2D eigenvalue weighted by Gasteiger charge is 2.11. The number of hydrazone groups is 1. The summed E-state index contributed by atoms with van der Waals surface area (Å²) < 4.78 is 11.5. The minimum atomic E-state index is 0.394. The molecule has 170 valence electrons. The van der Waals surface area contributed by atoms with Crippen LogP contribution in [-0.4, -0.2) is 25.2 Å². The van der Waals surface area contributed by atoms with Gasteiger partial charge in [-0.2, -0.15) is 10.2 Å². The van der Waals surface area contributed by atoms with Crippen molar-refractivity contribution >= 4 is 40.9 Å². The average Bonchev–Trinajstić information content (AvgIpc) is 2.82. The lowest BCUT2D eigenvalue weighted by Crippen LogP contribution is -2.27. The van der Waals surface area contributed by atoms with Crippen LogP contribution in [0.1, 0.15) is 37.0 Å². The first-order valence-corrected chi connectivity index (χ1v) is 11.1. The molecule has 8 heteroatoms. The van der Waals surface area contributed by atoms with Gasteiger partial charge in [0.05, 0.1) is 23.9 Å². The summed E-state index contributed by atoms with van der Waals surface area (Å²) >= 11 is 12.2. The van der Waals surface area contributed by atoms with Gasteiger partial charge in [-0.3, -0.25) is 4.79 Å². The minimum absolute atomic E-state index is 0.394. The number of benzene rings is 2. The number of halogens is 2. The molecular formula is C24H27Cl2N3O3. The van der Waals surface area contributed by atoms with Crippen molar-refractivity contribution in [1.82, 2.24) is 0 Å². The Morgan fingerprint density at radius 1 is 1.06 bits per heavy atom. The molecule has 0 radical (unpaired) electrons. The molecule has 0 spiro atoms. The second-order valence-electron chi connectivity index (χ2n) is 6.40. The first-order valence-electron chi connectivity index (χ1n) is 10.3. The minimum Gasteiger partial charge on any atom is -0.492 e. The molecule has 0 saturated heterocycles. The lowest BCUT2D eigenvalue weighted by atomic mass is 10.2. The smallest absolute Gasteiger partial charge is 0.150 e. The normalized spacial score (nSPS) is 13.3. The molecule has 0 bridgehead atoms. The molecule has 0 unspecified atom stereocenters. The van der Waals surface area contributed by atoms with Crippen LogP contribution >= 0.6 is 23.2 Å². The third-order valence-corrected chi connectivity index (χ3v) is 4.69. The molecule has 2 aromatic carbocycles. The molecule has 0 atom stereocenters. The number of anilines is 1. The number of allylic oxidation sites excluding steroid dienone is 4. The Kier molecular flexibility index (Phi) is 10.8. The quantitative estimate of drug-likeness (QED) is 0.201. The fraction of sp³-hybridized carbons (Fsp3) is 0.250. The van der Waals surface area contributed by atoms with Gasteiger partial charge in [0, 0.05) is 23.4 Å². The zero-order valence-electron chi connectivity index (χ0n) is 18.1. The zero-order valence-corrected chi connectivity index (χ0v) is 19.6. The van der Waals surface area contributed by atoms with Gasteiger partial charge in [0.1, 0.15) is 23.5 Å². The van der Waals surface area contributed by atoms with Gasteiger partial charge in [-0.05, 0) is 42.5 Å². The van der Waals surface area contributed by atoms with E-state index in [1.165, 1.54) is 5.12 Å². The summed E-state index contributed by atoms with van der Waals surface area (Å²) in [5, 5.41) is 6.60. The van der Waals surface area contributed by atoms with Crippen molar-refractivity contribution in [3.63, 3.8) is 0 Å². The molecule has 0 saturated carbocycles. The number of carbonyl (C=O) groups is 1. The van der Waals surface area contributed by atoms with Crippen molar-refractivity contribution < 1.29 is 14.3 Å². The number of nitrogens with two attached hydrogens (primary N) is 1. The Hall–Kier alpha value is -2.80. The van der Waals surface area contributed by atoms with Crippen molar-refractivity contribution in [3.05, 3.63) is 76.3 Å². The number of carbonyl (C=O) groups excluding carboxylic acids is 1. The number of hydrogen-bond donors (Lipinski definition) is 1. The molecule has 0 amide bonds. The van der Waals surface area contributed by atoms with Crippen molar-refractivity contribution in [2.24, 2.45) is 10.9 Å². The number of ether oxygens (including phenoxy) is 2. The third kappa shape index (κ3) is 7.71. The first kappa shape index (κ1) is 25.5. The van der Waals surface area contributed by atoms with E-state index in [1.54, 1.807) is 36.4 Å². The Labute approximate surface area is 198 Å². The molecule has 6 nitrogen and oxygen atoms in total. The van der Waals surface area contributed by atoms with E-state index >= 15 is 0 Å². The van der Waals surface area contributed by atoms with Crippen molar-refractivity contribution in [2.75, 3.05) is 18.3 Å². The van der Waals surface area contributed by atoms with Crippen LogP contribution < -0.4 is 20.4 Å². The lowest BCUT2D eigenvalue weighted by molar-refractivity contribution is 0.112. The van der Waals surface area contributed by atoms with Crippen LogP contribution in [0.2, 0.25) is 10.0 Å². The maximum absolute atomic E-state index is 10.8. The van der Waals surface area contributed by atoms with Crippen LogP contribution in [0.25, 0.3) is 0 Å². The van der Waals surface area contributed by atoms with E-state index < -0.39 is 0 Å². The lowest BCUT2D eigenvalue weighted by Gasteiger charge is -2.19. The van der Waals surface area contributed by atoms with Crippen LogP contribution in [0.4, 0.5) is 5.69 Å². The number of aldehydes is 1. The fourth-order valence-corrected chi connectivity index (χ4v) is 3.10. The van der Waals surface area contributed by atoms with Gasteiger partial charge in [-0.1, -0.05) is 55.3 Å². The summed E-state index contributed by atoms with van der Waals surface area (Å²) in [5.74, 6) is 7.21. The summed E-state index contributed by atoms with van der Waals surface area (Å²) in [6.07, 6.45) is 9.81. The monoisotopic (exact) mass is 475 g/mol. The van der Waals surface area contributed by atoms with Gasteiger partial charge in [-0.25, -0.2) is 5.84 Å². The van der Waals surface area contributed by atoms with E-state index in [0.29, 0.717) is 58.9 Å². The highest BCUT2D eigenvalue weighted by Crippen LogP contribution is 2.31. The van der Waals surface area contributed by atoms with E-state index in [-0.39, 0.29) is 0 Å². The summed E-state index contributed by atoms with van der Waals surface area (Å²) in [7, 11) is 0. The number of rotatable bonds is 9. The molecule has 1 aliphatic carbocycles. The third-order valence-electron chi connectivity index (χ3n) is 4.16. The van der Waals surface area contributed by atoms with E-state index in [4.69, 9.17) is 38.5 Å². The summed E-state index contributed by atoms with van der Waals surface area (Å²) in [4.78, 5) is 10.8. The van der Waals surface area contributed by atoms with E-state index in [9.17, 15) is 4.79 Å². The van der Waals surface area contributed by atoms with Crippen molar-refractivity contribution in [2.45, 2.75) is 26.7 Å². The second-order valence-corrected chi connectivity index (χ2v) is 7.24. The van der Waals surface area contributed by atoms with E-state index in [1.807, 2.05) is 38.2 Å². The number of hydrogen-bond acceptors (Lipinski definition) is 6. The van der Waals surface area contributed by atoms with Gasteiger partial charge in [-0.15, -0.1) is 0 Å². The molecular weight excluding hydrogens is 449 g/mol. The molecule has 0 heterocycles. The molecule has 2 N–H and O–H groups in total. The Morgan fingerprint density at radius 2 is 1.78 bits per heavy atom. The van der Waals surface area contributed by atoms with Crippen LogP contribution in [0, 0.1) is 0 Å². The average molecular weight is 476 g/mol. The topological polar surface area (TPSA) is 77.2 Å². The zero-order chi connectivity index (χ0) is 23.3. The highest BCUT2D eigenvalue weighted by molar-refractivity contribution is 6.32. The number of nitrogens with zero attached hydrogens (tertiary/aromatic N) is 2. The van der Waals surface area contributed by atoms with E-state index in [0.717, 1.165) is 12.0 Å². The van der Waals surface area contributed by atoms with Gasteiger partial charge in [0.15, 0.2) is 0 Å². The Balaban J connectivity index is 0.00000176. The standard InChI is InChI=1S/C22H21Cl2N3O3.C2H6/c23-17-8-10-22(20(14-17)27(25)26-18-5-2-1-3-6-18)30-12-4-11-29-21-9-7-16(15-28)13-19(21)24;1-2/h1-3,5,7-10,13-15H,4,6,11-12,25H2;1-2H3/b26-18-;. The maximum atomic E-state index is 10.8. The Bertz CT molecular complexity index is 990. The maximum Gasteiger partial charge on any atom is 0.150 e. The molecule has 0 fully saturated rings. The van der Waals surface area contributed by atoms with Gasteiger partial charge in [0.25, 0.3) is 0 Å². The SMILES string of the molecule is CC.NN(/N=C1/C=CC=CC1)c1cc(Cl)ccc1OCCCOc1ccc(C=O)cc1Cl. The van der Waals surface area contributed by atoms with Gasteiger partial charge >= 0.3 is 0 Å². The van der Waals surface area contributed by atoms with Gasteiger partial charge in [0.2, 0.25) is 0 Å². The molecule has 32 heavy (non-hydrogen) atoms. The highest BCUT2D eigenvalue weighted by atomic mass is 35.5. The Morgan fingerprint density at radius 3 is 2.44 bits per heavy atom. The fourth-order valence-electron chi connectivity index (χ4n) is 2.69. The number of hydrazine groups is 1. The van der Waals surface area contributed by atoms with Gasteiger partial charge < -0.3 is 9.47 Å². The molecule has 0 aromatic heterocycles. The van der Waals surface area contributed by atoms with Crippen LogP contribution in [0.3, 0.4) is 0 Å². The van der Waals surface area contributed by atoms with E-state index in [2.05, 4.69) is 5.10 Å². The van der Waals surface area contributed by atoms with Crippen LogP contribution in [0.15, 0.2) is 65.8 Å². The molecule has 0 aliphatic heterocycles. The van der Waals surface area contributed by atoms with Crippen molar-refractivity contribution in [1.29, 1.82) is 0 Å². The van der Waals surface area contributed by atoms with Crippen LogP contribution in [-0.2, 0) is 0 Å².